The van der Waals surface area contributed by atoms with Crippen molar-refractivity contribution in [2.24, 2.45) is 5.73 Å². The van der Waals surface area contributed by atoms with Crippen molar-refractivity contribution in [1.82, 2.24) is 0 Å². The zero-order valence-electron chi connectivity index (χ0n) is 7.45. The summed E-state index contributed by atoms with van der Waals surface area (Å²) in [6, 6.07) is -2.00. The third-order valence-electron chi connectivity index (χ3n) is 1.85. The average molecular weight is 306 g/mol. The summed E-state index contributed by atoms with van der Waals surface area (Å²) in [4.78, 5) is 0. The second-order valence-electron chi connectivity index (χ2n) is 2.94. The Morgan fingerprint density at radius 3 is 2.19 bits per heavy atom. The summed E-state index contributed by atoms with van der Waals surface area (Å²) >= 11 is 2.52. The van der Waals surface area contributed by atoms with E-state index in [4.69, 9.17) is 10.8 Å². The van der Waals surface area contributed by atoms with E-state index in [-0.39, 0.29) is 0 Å². The smallest absolute Gasteiger partial charge is 0.407 e. The molecule has 0 saturated heterocycles. The molecule has 0 aliphatic rings. The highest BCUT2D eigenvalue weighted by atomic mass is 79.9. The van der Waals surface area contributed by atoms with Gasteiger partial charge in [0.1, 0.15) is 6.04 Å². The molecule has 0 saturated carbocycles. The summed E-state index contributed by atoms with van der Waals surface area (Å²) in [5.41, 5.74) is 3.83. The molecule has 0 unspecified atom stereocenters. The zero-order chi connectivity index (χ0) is 12.7. The van der Waals surface area contributed by atoms with Gasteiger partial charge in [-0.15, -0.1) is 0 Å². The maximum Gasteiger partial charge on any atom is 0.407 e. The minimum absolute atomic E-state index is 0.544. The summed E-state index contributed by atoms with van der Waals surface area (Å²) in [7, 11) is 0. The second-order valence-corrected chi connectivity index (χ2v) is 3.80. The molecule has 1 rings (SSSR count). The molecule has 16 heavy (non-hydrogen) atoms. The number of hydrogen-bond acceptors (Lipinski definition) is 2. The first kappa shape index (κ1) is 13.2. The Morgan fingerprint density at radius 2 is 1.75 bits per heavy atom. The number of alkyl halides is 3. The highest BCUT2D eigenvalue weighted by Gasteiger charge is 2.40. The molecule has 0 spiro atoms. The molecule has 0 radical (unpaired) electrons. The predicted octanol–water partition coefficient (Wildman–Crippen LogP) is 2.99. The van der Waals surface area contributed by atoms with Crippen LogP contribution >= 0.6 is 15.9 Å². The van der Waals surface area contributed by atoms with E-state index in [1.807, 2.05) is 0 Å². The molecule has 3 N–H and O–H groups in total. The Bertz CT molecular complexity index is 420. The molecule has 1 atom stereocenters. The molecular weight excluding hydrogens is 301 g/mol. The molecule has 0 bridgehead atoms. The summed E-state index contributed by atoms with van der Waals surface area (Å²) < 4.78 is 61.8. The van der Waals surface area contributed by atoms with E-state index < -0.39 is 39.6 Å². The molecule has 8 heteroatoms. The standard InChI is InChI=1S/C8H5BrF5NO/c9-3-1-2(7(15)8(12,13)14)6(16)5(11)4(3)10/h1,7,16H,15H2/t7-/m1/s1. The molecule has 0 amide bonds. The van der Waals surface area contributed by atoms with Crippen LogP contribution in [0.4, 0.5) is 22.0 Å². The molecule has 0 aromatic heterocycles. The number of benzene rings is 1. The van der Waals surface area contributed by atoms with E-state index in [9.17, 15) is 22.0 Å². The van der Waals surface area contributed by atoms with Crippen LogP contribution in [-0.4, -0.2) is 11.3 Å². The number of phenolic OH excluding ortho intramolecular Hbond substituents is 1. The topological polar surface area (TPSA) is 46.2 Å². The molecule has 0 heterocycles. The van der Waals surface area contributed by atoms with Gasteiger partial charge in [0, 0.05) is 5.56 Å². The average Bonchev–Trinajstić information content (AvgIpc) is 2.18. The Morgan fingerprint density at radius 1 is 1.25 bits per heavy atom. The number of halogens is 6. The van der Waals surface area contributed by atoms with Crippen molar-refractivity contribution in [2.75, 3.05) is 0 Å². The van der Waals surface area contributed by atoms with Gasteiger partial charge in [0.05, 0.1) is 4.47 Å². The third kappa shape index (κ3) is 2.27. The van der Waals surface area contributed by atoms with Crippen LogP contribution < -0.4 is 5.73 Å². The van der Waals surface area contributed by atoms with Crippen molar-refractivity contribution in [3.05, 3.63) is 27.7 Å². The van der Waals surface area contributed by atoms with Crippen LogP contribution in [0.15, 0.2) is 10.5 Å². The fourth-order valence-corrected chi connectivity index (χ4v) is 1.44. The summed E-state index contributed by atoms with van der Waals surface area (Å²) in [6.45, 7) is 0. The highest BCUT2D eigenvalue weighted by Crippen LogP contribution is 2.38. The molecule has 2 nitrogen and oxygen atoms in total. The van der Waals surface area contributed by atoms with Crippen LogP contribution in [0.2, 0.25) is 0 Å². The van der Waals surface area contributed by atoms with Crippen LogP contribution in [0.25, 0.3) is 0 Å². The molecule has 1 aromatic carbocycles. The van der Waals surface area contributed by atoms with Crippen LogP contribution in [0.1, 0.15) is 11.6 Å². The minimum Gasteiger partial charge on any atom is -0.505 e. The van der Waals surface area contributed by atoms with Crippen molar-refractivity contribution >= 4 is 15.9 Å². The molecule has 1 aromatic rings. The van der Waals surface area contributed by atoms with Crippen LogP contribution in [0.3, 0.4) is 0 Å². The van der Waals surface area contributed by atoms with Crippen LogP contribution in [-0.2, 0) is 0 Å². The third-order valence-corrected chi connectivity index (χ3v) is 2.43. The van der Waals surface area contributed by atoms with Crippen molar-refractivity contribution in [1.29, 1.82) is 0 Å². The summed E-state index contributed by atoms with van der Waals surface area (Å²) in [6.07, 6.45) is -4.86. The van der Waals surface area contributed by atoms with Gasteiger partial charge in [0.25, 0.3) is 0 Å². The normalized spacial score (nSPS) is 13.9. The summed E-state index contributed by atoms with van der Waals surface area (Å²) in [5, 5.41) is 9.02. The van der Waals surface area contributed by atoms with E-state index in [2.05, 4.69) is 15.9 Å². The first-order valence-corrected chi connectivity index (χ1v) is 4.64. The van der Waals surface area contributed by atoms with E-state index in [1.54, 1.807) is 0 Å². The number of hydrogen-bond donors (Lipinski definition) is 2. The van der Waals surface area contributed by atoms with Crippen molar-refractivity contribution in [3.63, 3.8) is 0 Å². The molecule has 0 aliphatic carbocycles. The largest absolute Gasteiger partial charge is 0.505 e. The SMILES string of the molecule is N[C@H](c1cc(Br)c(F)c(F)c1O)C(F)(F)F. The van der Waals surface area contributed by atoms with E-state index in [1.165, 1.54) is 0 Å². The van der Waals surface area contributed by atoms with Gasteiger partial charge in [-0.3, -0.25) is 0 Å². The van der Waals surface area contributed by atoms with Crippen molar-refractivity contribution < 1.29 is 27.1 Å². The van der Waals surface area contributed by atoms with Gasteiger partial charge in [-0.1, -0.05) is 0 Å². The van der Waals surface area contributed by atoms with E-state index in [0.29, 0.717) is 6.07 Å². The van der Waals surface area contributed by atoms with Gasteiger partial charge >= 0.3 is 6.18 Å². The van der Waals surface area contributed by atoms with E-state index in [0.717, 1.165) is 0 Å². The van der Waals surface area contributed by atoms with Crippen LogP contribution in [0.5, 0.6) is 5.75 Å². The lowest BCUT2D eigenvalue weighted by Crippen LogP contribution is -2.28. The second kappa shape index (κ2) is 4.17. The van der Waals surface area contributed by atoms with Crippen molar-refractivity contribution in [2.45, 2.75) is 12.2 Å². The zero-order valence-corrected chi connectivity index (χ0v) is 9.03. The van der Waals surface area contributed by atoms with E-state index >= 15 is 0 Å². The monoisotopic (exact) mass is 305 g/mol. The molecular formula is C8H5BrF5NO. The molecule has 0 aliphatic heterocycles. The van der Waals surface area contributed by atoms with Gasteiger partial charge in [-0.05, 0) is 22.0 Å². The Labute approximate surface area is 95.0 Å². The lowest BCUT2D eigenvalue weighted by atomic mass is 10.1. The van der Waals surface area contributed by atoms with Gasteiger partial charge in [0.15, 0.2) is 11.6 Å². The van der Waals surface area contributed by atoms with Crippen LogP contribution in [0, 0.1) is 11.6 Å². The first-order valence-electron chi connectivity index (χ1n) is 3.85. The van der Waals surface area contributed by atoms with Gasteiger partial charge < -0.3 is 10.8 Å². The fourth-order valence-electron chi connectivity index (χ4n) is 1.02. The first-order chi connectivity index (χ1) is 7.16. The van der Waals surface area contributed by atoms with Gasteiger partial charge in [-0.2, -0.15) is 17.6 Å². The maximum atomic E-state index is 12.9. The fraction of sp³-hybridized carbons (Fsp3) is 0.250. The Kier molecular flexibility index (Phi) is 3.44. The number of rotatable bonds is 1. The Balaban J connectivity index is 3.36. The van der Waals surface area contributed by atoms with Crippen molar-refractivity contribution in [3.8, 4) is 5.75 Å². The highest BCUT2D eigenvalue weighted by molar-refractivity contribution is 9.10. The Hall–Kier alpha value is -0.890. The molecule has 0 fully saturated rings. The number of phenols is 1. The minimum atomic E-state index is -4.86. The number of aromatic hydroxyl groups is 1. The maximum absolute atomic E-state index is 12.9. The lowest BCUT2D eigenvalue weighted by Gasteiger charge is -2.17. The molecule has 90 valence electrons. The quantitative estimate of drug-likeness (QED) is 0.619. The number of nitrogens with two attached hydrogens (primary N) is 1. The van der Waals surface area contributed by atoms with Gasteiger partial charge in [-0.25, -0.2) is 4.39 Å². The van der Waals surface area contributed by atoms with Gasteiger partial charge in [0.2, 0.25) is 5.82 Å². The summed E-state index contributed by atoms with van der Waals surface area (Å²) in [5.74, 6) is -4.69. The predicted molar refractivity (Wildman–Crippen MR) is 48.7 cm³/mol. The lowest BCUT2D eigenvalue weighted by molar-refractivity contribution is -0.149.